The molecule has 3 atom stereocenters. The van der Waals surface area contributed by atoms with E-state index in [1.165, 1.54) is 6.33 Å². The van der Waals surface area contributed by atoms with Crippen LogP contribution in [0.2, 0.25) is 0 Å². The average molecular weight is 461 g/mol. The van der Waals surface area contributed by atoms with Gasteiger partial charge in [-0.3, -0.25) is 14.4 Å². The Kier molecular flexibility index (Phi) is 19.6. The van der Waals surface area contributed by atoms with Gasteiger partial charge in [0.1, 0.15) is 6.04 Å². The van der Waals surface area contributed by atoms with Crippen molar-refractivity contribution < 1.29 is 49.2 Å². The van der Waals surface area contributed by atoms with E-state index >= 15 is 0 Å². The van der Waals surface area contributed by atoms with Gasteiger partial charge in [0.05, 0.1) is 18.4 Å². The van der Waals surface area contributed by atoms with Crippen LogP contribution in [0.15, 0.2) is 12.5 Å². The summed E-state index contributed by atoms with van der Waals surface area (Å²) in [4.78, 5) is 36.2. The molecule has 1 aromatic heterocycles. The topological polar surface area (TPSA) is 219 Å². The third kappa shape index (κ3) is 16.3. The van der Waals surface area contributed by atoms with Gasteiger partial charge in [-0.1, -0.05) is 0 Å². The number of carboxylic acids is 3. The summed E-state index contributed by atoms with van der Waals surface area (Å²) < 4.78 is 0. The fraction of sp³-hybridized carbons (Fsp3) is 0.500. The second-order valence-electron chi connectivity index (χ2n) is 4.45. The SMILES string of the molecule is N[C@@H](C[S-])C(=O)O.N[C@@H](C[S-])C(=O)O.N[C@@H](Cc1cnc[nH]1)C(=O)O.[Zn+2]. The molecular weight excluding hydrogens is 440 g/mol. The Morgan fingerprint density at radius 3 is 1.54 bits per heavy atom. The molecule has 0 amide bonds. The fourth-order valence-electron chi connectivity index (χ4n) is 0.863. The first-order valence-electron chi connectivity index (χ1n) is 6.65. The summed E-state index contributed by atoms with van der Waals surface area (Å²) in [6, 6.07) is -2.58. The summed E-state index contributed by atoms with van der Waals surface area (Å²) in [5.41, 5.74) is 15.8. The maximum absolute atomic E-state index is 10.3. The number of H-pyrrole nitrogens is 1. The Morgan fingerprint density at radius 1 is 0.962 bits per heavy atom. The molecule has 0 saturated carbocycles. The van der Waals surface area contributed by atoms with Crippen LogP contribution in [0, 0.1) is 0 Å². The van der Waals surface area contributed by atoms with Crippen molar-refractivity contribution in [3.05, 3.63) is 18.2 Å². The number of carbonyl (C=O) groups is 3. The number of carboxylic acid groups (broad SMARTS) is 3. The van der Waals surface area contributed by atoms with Crippen LogP contribution in [0.4, 0.5) is 0 Å². The Morgan fingerprint density at radius 2 is 1.35 bits per heavy atom. The van der Waals surface area contributed by atoms with Gasteiger partial charge in [-0.2, -0.15) is 11.5 Å². The summed E-state index contributed by atoms with van der Waals surface area (Å²) in [5, 5.41) is 24.4. The summed E-state index contributed by atoms with van der Waals surface area (Å²) in [5.74, 6) is -2.91. The van der Waals surface area contributed by atoms with Gasteiger partial charge in [-0.05, 0) is 0 Å². The second kappa shape index (κ2) is 17.2. The largest absolute Gasteiger partial charge is 2.00 e. The number of nitrogens with two attached hydrogens (primary N) is 3. The maximum Gasteiger partial charge on any atom is 2.00 e. The number of aliphatic carboxylic acids is 3. The molecule has 0 unspecified atom stereocenters. The fourth-order valence-corrected chi connectivity index (χ4v) is 1.15. The molecule has 0 fully saturated rings. The minimum Gasteiger partial charge on any atom is -0.791 e. The van der Waals surface area contributed by atoms with Crippen LogP contribution in [0.1, 0.15) is 5.69 Å². The minimum absolute atomic E-state index is 0. The molecule has 0 aromatic carbocycles. The normalized spacial score (nSPS) is 12.7. The van der Waals surface area contributed by atoms with E-state index in [1.807, 2.05) is 0 Å². The molecule has 0 spiro atoms. The van der Waals surface area contributed by atoms with Crippen LogP contribution in [0.25, 0.3) is 0 Å². The maximum atomic E-state index is 10.3. The minimum atomic E-state index is -1.03. The van der Waals surface area contributed by atoms with Crippen molar-refractivity contribution in [1.29, 1.82) is 0 Å². The number of rotatable bonds is 7. The van der Waals surface area contributed by atoms with Gasteiger partial charge in [0.15, 0.2) is 0 Å². The average Bonchev–Trinajstić information content (AvgIpc) is 3.06. The van der Waals surface area contributed by atoms with Crippen molar-refractivity contribution in [2.75, 3.05) is 11.5 Å². The quantitative estimate of drug-likeness (QED) is 0.163. The monoisotopic (exact) mass is 459 g/mol. The van der Waals surface area contributed by atoms with Gasteiger partial charge >= 0.3 is 37.4 Å². The number of hydrogen-bond donors (Lipinski definition) is 7. The Balaban J connectivity index is -0.000000314. The zero-order chi connectivity index (χ0) is 20.0. The predicted octanol–water partition coefficient (Wildman–Crippen LogP) is -2.75. The zero-order valence-electron chi connectivity index (χ0n) is 13.8. The van der Waals surface area contributed by atoms with Gasteiger partial charge in [-0.25, -0.2) is 4.98 Å². The molecule has 10 N–H and O–H groups in total. The second-order valence-corrected chi connectivity index (χ2v) is 5.12. The third-order valence-electron chi connectivity index (χ3n) is 2.31. The number of hydrogen-bond acceptors (Lipinski definition) is 9. The summed E-state index contributed by atoms with van der Waals surface area (Å²) >= 11 is 8.69. The van der Waals surface area contributed by atoms with Crippen molar-refractivity contribution in [3.8, 4) is 0 Å². The molecule has 14 heteroatoms. The smallest absolute Gasteiger partial charge is 0.791 e. The first kappa shape index (κ1) is 29.6. The molecule has 0 saturated heterocycles. The number of aromatic nitrogens is 2. The van der Waals surface area contributed by atoms with Crippen LogP contribution in [0.5, 0.6) is 0 Å². The van der Waals surface area contributed by atoms with E-state index < -0.39 is 36.0 Å². The summed E-state index contributed by atoms with van der Waals surface area (Å²) in [6.45, 7) is 0. The summed E-state index contributed by atoms with van der Waals surface area (Å²) in [7, 11) is 0. The van der Waals surface area contributed by atoms with Crippen LogP contribution < -0.4 is 17.2 Å². The van der Waals surface area contributed by atoms with E-state index in [-0.39, 0.29) is 37.4 Å². The molecule has 11 nitrogen and oxygen atoms in total. The van der Waals surface area contributed by atoms with Crippen molar-refractivity contribution in [3.63, 3.8) is 0 Å². The van der Waals surface area contributed by atoms with E-state index in [0.29, 0.717) is 0 Å². The molecule has 1 heterocycles. The zero-order valence-corrected chi connectivity index (χ0v) is 18.4. The van der Waals surface area contributed by atoms with E-state index in [0.717, 1.165) is 5.69 Å². The van der Waals surface area contributed by atoms with Gasteiger partial charge in [0.2, 0.25) is 0 Å². The van der Waals surface area contributed by atoms with Gasteiger partial charge in [-0.15, -0.1) is 0 Å². The molecule has 1 aromatic rings. The van der Waals surface area contributed by atoms with Crippen LogP contribution >= 0.6 is 0 Å². The predicted molar refractivity (Wildman–Crippen MR) is 93.6 cm³/mol. The standard InChI is InChI=1S/C6H9N3O2.2C3H7NO2S.Zn/c7-5(6(10)11)1-4-2-8-3-9-4;2*4-2(1-7)3(5)6;/h2-3,5H,1,7H2,(H,8,9)(H,10,11);2*2,7H,1,4H2,(H,5,6);/q;;;+2/p-2/t5-;2*2-;/m000./s1. The van der Waals surface area contributed by atoms with Gasteiger partial charge in [0, 0.05) is 18.3 Å². The molecule has 0 aliphatic heterocycles. The number of aromatic amines is 1. The van der Waals surface area contributed by atoms with E-state index in [9.17, 15) is 14.4 Å². The van der Waals surface area contributed by atoms with E-state index in [2.05, 4.69) is 35.2 Å². The first-order valence-corrected chi connectivity index (χ1v) is 7.80. The van der Waals surface area contributed by atoms with Crippen molar-refractivity contribution in [2.24, 2.45) is 17.2 Å². The number of imidazole rings is 1. The number of nitrogens with zero attached hydrogens (tertiary/aromatic N) is 1. The third-order valence-corrected chi connectivity index (χ3v) is 3.02. The Labute approximate surface area is 173 Å². The van der Waals surface area contributed by atoms with Crippen LogP contribution in [0.3, 0.4) is 0 Å². The van der Waals surface area contributed by atoms with Crippen molar-refractivity contribution >= 4 is 43.2 Å². The molecule has 144 valence electrons. The molecule has 0 bridgehead atoms. The molecule has 26 heavy (non-hydrogen) atoms. The van der Waals surface area contributed by atoms with Crippen molar-refractivity contribution in [1.82, 2.24) is 9.97 Å². The Bertz CT molecular complexity index is 502. The molecule has 0 aliphatic rings. The van der Waals surface area contributed by atoms with Crippen LogP contribution in [-0.2, 0) is 65.5 Å². The molecule has 1 rings (SSSR count). The molecular formula is C12H21N5O6S2Zn. The number of nitrogens with one attached hydrogen (secondary N) is 1. The van der Waals surface area contributed by atoms with E-state index in [1.54, 1.807) is 6.20 Å². The molecule has 0 aliphatic carbocycles. The van der Waals surface area contributed by atoms with Gasteiger partial charge < -0.3 is 62.8 Å². The Hall–Kier alpha value is -1.18. The molecule has 0 radical (unpaired) electrons. The van der Waals surface area contributed by atoms with Gasteiger partial charge in [0.25, 0.3) is 0 Å². The summed E-state index contributed by atoms with van der Waals surface area (Å²) in [6.07, 6.45) is 3.34. The van der Waals surface area contributed by atoms with Crippen molar-refractivity contribution in [2.45, 2.75) is 24.5 Å². The van der Waals surface area contributed by atoms with Crippen LogP contribution in [-0.4, -0.2) is 72.8 Å². The first-order chi connectivity index (χ1) is 11.6. The van der Waals surface area contributed by atoms with E-state index in [4.69, 9.17) is 32.5 Å².